The lowest BCUT2D eigenvalue weighted by Gasteiger charge is -2.31. The van der Waals surface area contributed by atoms with E-state index in [1.807, 2.05) is 23.6 Å². The highest BCUT2D eigenvalue weighted by molar-refractivity contribution is 7.17. The van der Waals surface area contributed by atoms with Crippen LogP contribution >= 0.6 is 11.3 Å². The normalized spacial score (nSPS) is 21.0. The molecule has 1 amide bonds. The van der Waals surface area contributed by atoms with Crippen LogP contribution in [0.5, 0.6) is 0 Å². The second-order valence-corrected chi connectivity index (χ2v) is 10.2. The molecule has 0 atom stereocenters. The first kappa shape index (κ1) is 23.6. The minimum Gasteiger partial charge on any atom is -0.393 e. The summed E-state index contributed by atoms with van der Waals surface area (Å²) in [6, 6.07) is 10.8. The molecule has 0 bridgehead atoms. The number of aromatic nitrogens is 2. The summed E-state index contributed by atoms with van der Waals surface area (Å²) in [6.45, 7) is 5.29. The van der Waals surface area contributed by atoms with Crippen molar-refractivity contribution in [2.75, 3.05) is 28.6 Å². The minimum atomic E-state index is -0.174. The van der Waals surface area contributed by atoms with Gasteiger partial charge in [0, 0.05) is 36.5 Å². The SMILES string of the molecule is C=CC(=O)N[C@H]1CC[C@@H](Nc2nc(Nc3ccc(N4CCC(O)CC4)cc3)nc3ccsc23)CC1. The van der Waals surface area contributed by atoms with Crippen molar-refractivity contribution in [3.8, 4) is 0 Å². The predicted molar refractivity (Wildman–Crippen MR) is 143 cm³/mol. The third-order valence-electron chi connectivity index (χ3n) is 6.86. The lowest BCUT2D eigenvalue weighted by molar-refractivity contribution is -0.117. The number of hydrogen-bond donors (Lipinski definition) is 4. The summed E-state index contributed by atoms with van der Waals surface area (Å²) in [4.78, 5) is 23.4. The fraction of sp³-hybridized carbons (Fsp3) is 0.423. The van der Waals surface area contributed by atoms with Gasteiger partial charge in [-0.15, -0.1) is 11.3 Å². The maximum atomic E-state index is 11.6. The van der Waals surface area contributed by atoms with Gasteiger partial charge in [0.05, 0.1) is 16.3 Å². The average Bonchev–Trinajstić information content (AvgIpc) is 3.35. The Hall–Kier alpha value is -3.17. The average molecular weight is 493 g/mol. The van der Waals surface area contributed by atoms with E-state index in [4.69, 9.17) is 9.97 Å². The number of anilines is 4. The summed E-state index contributed by atoms with van der Waals surface area (Å²) < 4.78 is 1.06. The molecule has 1 aliphatic carbocycles. The van der Waals surface area contributed by atoms with E-state index in [0.29, 0.717) is 12.0 Å². The summed E-state index contributed by atoms with van der Waals surface area (Å²) >= 11 is 1.64. The fourth-order valence-electron chi connectivity index (χ4n) is 4.86. The van der Waals surface area contributed by atoms with Gasteiger partial charge in [0.2, 0.25) is 11.9 Å². The van der Waals surface area contributed by atoms with Crippen LogP contribution in [0.25, 0.3) is 10.2 Å². The zero-order valence-corrected chi connectivity index (χ0v) is 20.6. The molecule has 2 aliphatic rings. The Morgan fingerprint density at radius 3 is 2.46 bits per heavy atom. The molecule has 0 unspecified atom stereocenters. The molecule has 2 fully saturated rings. The lowest BCUT2D eigenvalue weighted by Crippen LogP contribution is -2.39. The number of thiophene rings is 1. The van der Waals surface area contributed by atoms with Gasteiger partial charge in [0.15, 0.2) is 0 Å². The van der Waals surface area contributed by atoms with Gasteiger partial charge in [-0.25, -0.2) is 4.98 Å². The number of nitrogens with one attached hydrogen (secondary N) is 3. The van der Waals surface area contributed by atoms with Crippen molar-refractivity contribution in [1.82, 2.24) is 15.3 Å². The zero-order chi connectivity index (χ0) is 24.2. The molecule has 0 spiro atoms. The summed E-state index contributed by atoms with van der Waals surface area (Å²) in [7, 11) is 0. The number of piperidine rings is 1. The highest BCUT2D eigenvalue weighted by Crippen LogP contribution is 2.31. The van der Waals surface area contributed by atoms with Crippen LogP contribution < -0.4 is 20.9 Å². The van der Waals surface area contributed by atoms with E-state index in [0.717, 1.165) is 73.3 Å². The Morgan fingerprint density at radius 1 is 1.03 bits per heavy atom. The summed E-state index contributed by atoms with van der Waals surface area (Å²) in [6.07, 6.45) is 6.59. The maximum absolute atomic E-state index is 11.6. The quantitative estimate of drug-likeness (QED) is 0.362. The van der Waals surface area contributed by atoms with Crippen LogP contribution in [0, 0.1) is 0 Å². The van der Waals surface area contributed by atoms with Gasteiger partial charge in [-0.05, 0) is 80.3 Å². The standard InChI is InChI=1S/C26H32N6O2S/c1-2-23(34)27-17-3-5-18(6-4-17)28-25-24-22(13-16-35-24)30-26(31-25)29-19-7-9-20(10-8-19)32-14-11-21(33)12-15-32/h2,7-10,13,16-18,21,33H,1,3-6,11-12,14-15H2,(H,27,34)(H2,28,29,30,31)/t17-,18+. The molecule has 2 aromatic heterocycles. The van der Waals surface area contributed by atoms with Crippen LogP contribution in [-0.2, 0) is 4.79 Å². The smallest absolute Gasteiger partial charge is 0.243 e. The third kappa shape index (κ3) is 5.74. The molecule has 3 heterocycles. The number of fused-ring (bicyclic) bond motifs is 1. The molecule has 35 heavy (non-hydrogen) atoms. The molecule has 0 radical (unpaired) electrons. The Balaban J connectivity index is 1.25. The molecule has 3 aromatic rings. The number of hydrogen-bond acceptors (Lipinski definition) is 8. The Morgan fingerprint density at radius 2 is 1.74 bits per heavy atom. The topological polar surface area (TPSA) is 102 Å². The molecule has 1 saturated carbocycles. The van der Waals surface area contributed by atoms with Crippen molar-refractivity contribution in [2.45, 2.75) is 56.7 Å². The number of rotatable bonds is 7. The zero-order valence-electron chi connectivity index (χ0n) is 19.7. The third-order valence-corrected chi connectivity index (χ3v) is 7.77. The first-order chi connectivity index (χ1) is 17.1. The molecule has 8 nitrogen and oxygen atoms in total. The van der Waals surface area contributed by atoms with Crippen molar-refractivity contribution in [3.05, 3.63) is 48.4 Å². The van der Waals surface area contributed by atoms with Crippen LogP contribution in [0.15, 0.2) is 48.4 Å². The monoisotopic (exact) mass is 492 g/mol. The lowest BCUT2D eigenvalue weighted by atomic mass is 9.91. The Bertz CT molecular complexity index is 1160. The first-order valence-corrected chi connectivity index (χ1v) is 13.2. The highest BCUT2D eigenvalue weighted by Gasteiger charge is 2.23. The van der Waals surface area contributed by atoms with E-state index in [-0.39, 0.29) is 18.1 Å². The number of carbonyl (C=O) groups excluding carboxylic acids is 1. The van der Waals surface area contributed by atoms with Gasteiger partial charge in [-0.3, -0.25) is 4.79 Å². The van der Waals surface area contributed by atoms with Crippen LogP contribution in [-0.4, -0.2) is 52.3 Å². The summed E-state index contributed by atoms with van der Waals surface area (Å²) in [5.41, 5.74) is 3.02. The second-order valence-electron chi connectivity index (χ2n) is 9.33. The van der Waals surface area contributed by atoms with Crippen molar-refractivity contribution in [1.29, 1.82) is 0 Å². The van der Waals surface area contributed by atoms with E-state index in [1.165, 1.54) is 11.8 Å². The van der Waals surface area contributed by atoms with E-state index >= 15 is 0 Å². The van der Waals surface area contributed by atoms with Gasteiger partial charge < -0.3 is 26.0 Å². The van der Waals surface area contributed by atoms with Gasteiger partial charge in [0.1, 0.15) is 5.82 Å². The molecule has 4 N–H and O–H groups in total. The van der Waals surface area contributed by atoms with Gasteiger partial charge >= 0.3 is 0 Å². The molecule has 184 valence electrons. The van der Waals surface area contributed by atoms with Crippen molar-refractivity contribution in [2.24, 2.45) is 0 Å². The van der Waals surface area contributed by atoms with Crippen molar-refractivity contribution in [3.63, 3.8) is 0 Å². The number of amides is 1. The highest BCUT2D eigenvalue weighted by atomic mass is 32.1. The second kappa shape index (κ2) is 10.6. The fourth-order valence-corrected chi connectivity index (χ4v) is 5.65. The number of benzene rings is 1. The predicted octanol–water partition coefficient (Wildman–Crippen LogP) is 4.42. The van der Waals surface area contributed by atoms with Gasteiger partial charge in [0.25, 0.3) is 0 Å². The molecule has 1 aliphatic heterocycles. The van der Waals surface area contributed by atoms with Crippen LogP contribution in [0.1, 0.15) is 38.5 Å². The van der Waals surface area contributed by atoms with Gasteiger partial charge in [-0.1, -0.05) is 6.58 Å². The molecular formula is C26H32N6O2S. The molecule has 1 saturated heterocycles. The first-order valence-electron chi connectivity index (χ1n) is 12.3. The summed E-state index contributed by atoms with van der Waals surface area (Å²) in [5, 5.41) is 21.8. The Labute approximate surface area is 209 Å². The van der Waals surface area contributed by atoms with Crippen LogP contribution in [0.2, 0.25) is 0 Å². The largest absolute Gasteiger partial charge is 0.393 e. The van der Waals surface area contributed by atoms with Crippen molar-refractivity contribution >= 4 is 50.6 Å². The van der Waals surface area contributed by atoms with Gasteiger partial charge in [-0.2, -0.15) is 4.98 Å². The van der Waals surface area contributed by atoms with Crippen LogP contribution in [0.3, 0.4) is 0 Å². The number of nitrogens with zero attached hydrogens (tertiary/aromatic N) is 3. The van der Waals surface area contributed by atoms with Crippen LogP contribution in [0.4, 0.5) is 23.1 Å². The van der Waals surface area contributed by atoms with E-state index in [2.05, 4.69) is 39.6 Å². The molecular weight excluding hydrogens is 460 g/mol. The minimum absolute atomic E-state index is 0.101. The summed E-state index contributed by atoms with van der Waals surface area (Å²) in [5.74, 6) is 1.32. The Kier molecular flexibility index (Phi) is 7.15. The molecule has 9 heteroatoms. The van der Waals surface area contributed by atoms with E-state index in [9.17, 15) is 9.90 Å². The molecule has 1 aromatic carbocycles. The van der Waals surface area contributed by atoms with Crippen molar-refractivity contribution < 1.29 is 9.90 Å². The number of aliphatic hydroxyl groups is 1. The maximum Gasteiger partial charge on any atom is 0.243 e. The number of aliphatic hydroxyl groups excluding tert-OH is 1. The van der Waals surface area contributed by atoms with E-state index in [1.54, 1.807) is 11.3 Å². The molecule has 5 rings (SSSR count). The van der Waals surface area contributed by atoms with E-state index < -0.39 is 0 Å². The number of carbonyl (C=O) groups is 1.